The maximum Gasteiger partial charge on any atom is 0.0737 e. The molecule has 1 aliphatic heterocycles. The number of nitrogens with zero attached hydrogens (tertiary/aromatic N) is 4. The molecule has 1 unspecified atom stereocenters. The van der Waals surface area contributed by atoms with Crippen LogP contribution in [0.4, 0.5) is 0 Å². The molecule has 0 aromatic carbocycles. The fraction of sp³-hybridized carbons (Fsp3) is 0.500. The number of aryl methyl sites for hydroxylation is 1. The number of ether oxygens (including phenoxy) is 1. The standard InChI is InChI=1S/C16H22N4O/c1-19-10-13(9-17-19)16-7-3-5-14(18-16)11-20-8-4-6-15(12-20)21-2/h3,5,7,9-10,15H,4,6,8,11-12H2,1-2H3. The summed E-state index contributed by atoms with van der Waals surface area (Å²) in [6.07, 6.45) is 6.57. The van der Waals surface area contributed by atoms with Crippen molar-refractivity contribution in [2.24, 2.45) is 7.05 Å². The SMILES string of the molecule is COC1CCCN(Cc2cccc(-c3cnn(C)c3)n2)C1. The van der Waals surface area contributed by atoms with Gasteiger partial charge in [0, 0.05) is 39.0 Å². The van der Waals surface area contributed by atoms with E-state index in [9.17, 15) is 0 Å². The van der Waals surface area contributed by atoms with Crippen LogP contribution in [-0.4, -0.2) is 46.0 Å². The molecule has 0 spiro atoms. The summed E-state index contributed by atoms with van der Waals surface area (Å²) in [7, 11) is 3.72. The van der Waals surface area contributed by atoms with Gasteiger partial charge >= 0.3 is 0 Å². The molecule has 0 N–H and O–H groups in total. The van der Waals surface area contributed by atoms with Gasteiger partial charge in [-0.3, -0.25) is 14.6 Å². The van der Waals surface area contributed by atoms with Crippen molar-refractivity contribution in [1.82, 2.24) is 19.7 Å². The summed E-state index contributed by atoms with van der Waals surface area (Å²) in [5.74, 6) is 0. The number of methoxy groups -OCH3 is 1. The Hall–Kier alpha value is -1.72. The first kappa shape index (κ1) is 14.2. The van der Waals surface area contributed by atoms with Gasteiger partial charge < -0.3 is 4.74 Å². The lowest BCUT2D eigenvalue weighted by molar-refractivity contribution is 0.0281. The number of hydrogen-bond donors (Lipinski definition) is 0. The predicted octanol–water partition coefficient (Wildman–Crippen LogP) is 2.09. The lowest BCUT2D eigenvalue weighted by Crippen LogP contribution is -2.38. The zero-order chi connectivity index (χ0) is 14.7. The second kappa shape index (κ2) is 6.37. The third-order valence-electron chi connectivity index (χ3n) is 3.99. The molecule has 5 heteroatoms. The van der Waals surface area contributed by atoms with Crippen molar-refractivity contribution in [3.63, 3.8) is 0 Å². The minimum Gasteiger partial charge on any atom is -0.380 e. The number of likely N-dealkylation sites (tertiary alicyclic amines) is 1. The van der Waals surface area contributed by atoms with Crippen molar-refractivity contribution in [3.05, 3.63) is 36.3 Å². The molecule has 0 saturated carbocycles. The Labute approximate surface area is 125 Å². The normalized spacial score (nSPS) is 19.8. The Kier molecular flexibility index (Phi) is 4.31. The highest BCUT2D eigenvalue weighted by molar-refractivity contribution is 5.56. The Morgan fingerprint density at radius 1 is 1.38 bits per heavy atom. The molecule has 0 radical (unpaired) electrons. The monoisotopic (exact) mass is 286 g/mol. The van der Waals surface area contributed by atoms with Crippen LogP contribution in [0.2, 0.25) is 0 Å². The van der Waals surface area contributed by atoms with Crippen molar-refractivity contribution in [2.75, 3.05) is 20.2 Å². The van der Waals surface area contributed by atoms with Crippen LogP contribution in [0.3, 0.4) is 0 Å². The van der Waals surface area contributed by atoms with E-state index in [0.29, 0.717) is 6.10 Å². The molecule has 1 fully saturated rings. The van der Waals surface area contributed by atoms with Gasteiger partial charge in [0.25, 0.3) is 0 Å². The molecular weight excluding hydrogens is 264 g/mol. The Bertz CT molecular complexity index is 595. The minimum atomic E-state index is 0.361. The van der Waals surface area contributed by atoms with Crippen LogP contribution in [0.25, 0.3) is 11.3 Å². The quantitative estimate of drug-likeness (QED) is 0.863. The highest BCUT2D eigenvalue weighted by atomic mass is 16.5. The maximum absolute atomic E-state index is 5.48. The molecule has 1 saturated heterocycles. The molecule has 1 aliphatic rings. The molecule has 0 bridgehead atoms. The van der Waals surface area contributed by atoms with Crippen LogP contribution in [-0.2, 0) is 18.3 Å². The molecule has 0 amide bonds. The summed E-state index contributed by atoms with van der Waals surface area (Å²) in [4.78, 5) is 7.19. The molecule has 0 aliphatic carbocycles. The van der Waals surface area contributed by atoms with E-state index < -0.39 is 0 Å². The van der Waals surface area contributed by atoms with Gasteiger partial charge in [-0.15, -0.1) is 0 Å². The van der Waals surface area contributed by atoms with Gasteiger partial charge in [0.1, 0.15) is 0 Å². The largest absolute Gasteiger partial charge is 0.380 e. The van der Waals surface area contributed by atoms with E-state index >= 15 is 0 Å². The smallest absolute Gasteiger partial charge is 0.0737 e. The third kappa shape index (κ3) is 3.49. The first-order chi connectivity index (χ1) is 10.2. The zero-order valence-electron chi connectivity index (χ0n) is 12.7. The van der Waals surface area contributed by atoms with Crippen LogP contribution in [0, 0.1) is 0 Å². The van der Waals surface area contributed by atoms with Gasteiger partial charge in [0.05, 0.1) is 23.7 Å². The fourth-order valence-electron chi connectivity index (χ4n) is 2.86. The summed E-state index contributed by atoms with van der Waals surface area (Å²) in [6, 6.07) is 6.20. The van der Waals surface area contributed by atoms with Crippen molar-refractivity contribution >= 4 is 0 Å². The van der Waals surface area contributed by atoms with Gasteiger partial charge in [0.15, 0.2) is 0 Å². The number of aromatic nitrogens is 3. The van der Waals surface area contributed by atoms with Crippen molar-refractivity contribution in [3.8, 4) is 11.3 Å². The molecule has 1 atom stereocenters. The average molecular weight is 286 g/mol. The van der Waals surface area contributed by atoms with Gasteiger partial charge in [-0.05, 0) is 31.5 Å². The van der Waals surface area contributed by atoms with E-state index in [0.717, 1.165) is 43.0 Å². The fourth-order valence-corrected chi connectivity index (χ4v) is 2.86. The van der Waals surface area contributed by atoms with E-state index in [2.05, 4.69) is 22.1 Å². The third-order valence-corrected chi connectivity index (χ3v) is 3.99. The number of hydrogen-bond acceptors (Lipinski definition) is 4. The van der Waals surface area contributed by atoms with Crippen LogP contribution < -0.4 is 0 Å². The molecule has 2 aromatic heterocycles. The molecule has 2 aromatic rings. The highest BCUT2D eigenvalue weighted by Crippen LogP contribution is 2.18. The van der Waals surface area contributed by atoms with E-state index in [4.69, 9.17) is 9.72 Å². The molecule has 112 valence electrons. The van der Waals surface area contributed by atoms with Crippen molar-refractivity contribution in [2.45, 2.75) is 25.5 Å². The van der Waals surface area contributed by atoms with E-state index in [1.165, 1.54) is 6.42 Å². The number of pyridine rings is 1. The summed E-state index contributed by atoms with van der Waals surface area (Å²) >= 11 is 0. The molecule has 5 nitrogen and oxygen atoms in total. The van der Waals surface area contributed by atoms with Gasteiger partial charge in [-0.1, -0.05) is 6.07 Å². The minimum absolute atomic E-state index is 0.361. The molecule has 3 rings (SSSR count). The second-order valence-electron chi connectivity index (χ2n) is 5.65. The van der Waals surface area contributed by atoms with Gasteiger partial charge in [0.2, 0.25) is 0 Å². The van der Waals surface area contributed by atoms with Crippen LogP contribution in [0.1, 0.15) is 18.5 Å². The predicted molar refractivity (Wildman–Crippen MR) is 81.7 cm³/mol. The first-order valence-electron chi connectivity index (χ1n) is 7.44. The van der Waals surface area contributed by atoms with Crippen molar-refractivity contribution < 1.29 is 4.74 Å². The lowest BCUT2D eigenvalue weighted by Gasteiger charge is -2.31. The second-order valence-corrected chi connectivity index (χ2v) is 5.65. The number of piperidine rings is 1. The lowest BCUT2D eigenvalue weighted by atomic mass is 10.1. The summed E-state index contributed by atoms with van der Waals surface area (Å²) < 4.78 is 7.28. The summed E-state index contributed by atoms with van der Waals surface area (Å²) in [5, 5.41) is 4.21. The topological polar surface area (TPSA) is 43.2 Å². The Morgan fingerprint density at radius 2 is 2.29 bits per heavy atom. The summed E-state index contributed by atoms with van der Waals surface area (Å²) in [6.45, 7) is 3.00. The highest BCUT2D eigenvalue weighted by Gasteiger charge is 2.19. The molecule has 21 heavy (non-hydrogen) atoms. The zero-order valence-corrected chi connectivity index (χ0v) is 12.7. The summed E-state index contributed by atoms with van der Waals surface area (Å²) in [5.41, 5.74) is 3.15. The van der Waals surface area contributed by atoms with Crippen LogP contribution in [0.15, 0.2) is 30.6 Å². The van der Waals surface area contributed by atoms with Crippen molar-refractivity contribution in [1.29, 1.82) is 0 Å². The van der Waals surface area contributed by atoms with E-state index in [1.807, 2.05) is 25.5 Å². The maximum atomic E-state index is 5.48. The van der Waals surface area contributed by atoms with Crippen LogP contribution >= 0.6 is 0 Å². The average Bonchev–Trinajstić information content (AvgIpc) is 2.94. The number of rotatable bonds is 4. The first-order valence-corrected chi connectivity index (χ1v) is 7.44. The van der Waals surface area contributed by atoms with E-state index in [1.54, 1.807) is 11.8 Å². The molecule has 3 heterocycles. The van der Waals surface area contributed by atoms with E-state index in [-0.39, 0.29) is 0 Å². The Balaban J connectivity index is 1.71. The van der Waals surface area contributed by atoms with Gasteiger partial charge in [-0.25, -0.2) is 0 Å². The Morgan fingerprint density at radius 3 is 3.05 bits per heavy atom. The van der Waals surface area contributed by atoms with Gasteiger partial charge in [-0.2, -0.15) is 5.10 Å². The van der Waals surface area contributed by atoms with Crippen LogP contribution in [0.5, 0.6) is 0 Å². The molecular formula is C16H22N4O.